The van der Waals surface area contributed by atoms with Crippen molar-refractivity contribution in [2.45, 2.75) is 13.0 Å². The summed E-state index contributed by atoms with van der Waals surface area (Å²) in [7, 11) is 1.62. The fraction of sp³-hybridized carbons (Fsp3) is 0.190. The summed E-state index contributed by atoms with van der Waals surface area (Å²) < 4.78 is 8.33. The van der Waals surface area contributed by atoms with E-state index in [-0.39, 0.29) is 11.5 Å². The van der Waals surface area contributed by atoms with Crippen LogP contribution in [0.15, 0.2) is 64.3 Å². The zero-order chi connectivity index (χ0) is 20.2. The molecule has 0 aliphatic carbocycles. The molecule has 0 spiro atoms. The lowest BCUT2D eigenvalue weighted by molar-refractivity contribution is -0.120. The van der Waals surface area contributed by atoms with Gasteiger partial charge in [0.1, 0.15) is 11.3 Å². The minimum Gasteiger partial charge on any atom is -0.497 e. The molecule has 1 aromatic carbocycles. The summed E-state index contributed by atoms with van der Waals surface area (Å²) in [6, 6.07) is 11.2. The molecule has 0 fully saturated rings. The van der Waals surface area contributed by atoms with Crippen LogP contribution in [-0.2, 0) is 17.8 Å². The van der Waals surface area contributed by atoms with E-state index < -0.39 is 0 Å². The van der Waals surface area contributed by atoms with E-state index in [0.717, 1.165) is 16.9 Å². The lowest BCUT2D eigenvalue weighted by Crippen LogP contribution is -2.31. The zero-order valence-corrected chi connectivity index (χ0v) is 16.7. The molecule has 148 valence electrons. The van der Waals surface area contributed by atoms with E-state index in [1.165, 1.54) is 0 Å². The average Bonchev–Trinajstić information content (AvgIpc) is 3.40. The standard InChI is InChI=1S/C21H20N4O3S/c1-28-17-4-2-16(3-5-17)18-13-19-21(27)24(9-10-25(19)23-18)8-7-22-20(26)12-15-6-11-29-14-15/h2-6,9-11,13-14H,7-8,12H2,1H3,(H,22,26). The Morgan fingerprint density at radius 1 is 1.21 bits per heavy atom. The molecular weight excluding hydrogens is 388 g/mol. The number of fused-ring (bicyclic) bond motifs is 1. The van der Waals surface area contributed by atoms with Crippen molar-refractivity contribution in [2.75, 3.05) is 13.7 Å². The lowest BCUT2D eigenvalue weighted by atomic mass is 10.1. The van der Waals surface area contributed by atoms with Crippen molar-refractivity contribution in [3.8, 4) is 17.0 Å². The quantitative estimate of drug-likeness (QED) is 0.510. The third kappa shape index (κ3) is 4.22. The lowest BCUT2D eigenvalue weighted by Gasteiger charge is -2.07. The molecule has 8 heteroatoms. The number of hydrogen-bond donors (Lipinski definition) is 1. The van der Waals surface area contributed by atoms with E-state index in [1.807, 2.05) is 41.1 Å². The molecule has 1 amide bonds. The number of carbonyl (C=O) groups excluding carboxylic acids is 1. The van der Waals surface area contributed by atoms with Crippen LogP contribution in [0.3, 0.4) is 0 Å². The molecule has 29 heavy (non-hydrogen) atoms. The van der Waals surface area contributed by atoms with Gasteiger partial charge in [-0.2, -0.15) is 16.4 Å². The zero-order valence-electron chi connectivity index (χ0n) is 15.9. The highest BCUT2D eigenvalue weighted by Gasteiger charge is 2.10. The smallest absolute Gasteiger partial charge is 0.276 e. The van der Waals surface area contributed by atoms with E-state index in [0.29, 0.717) is 30.7 Å². The third-order valence-electron chi connectivity index (χ3n) is 4.61. The number of aromatic nitrogens is 3. The van der Waals surface area contributed by atoms with Crippen LogP contribution in [0.4, 0.5) is 0 Å². The highest BCUT2D eigenvalue weighted by molar-refractivity contribution is 7.08. The first-order valence-electron chi connectivity index (χ1n) is 9.15. The van der Waals surface area contributed by atoms with Crippen LogP contribution in [-0.4, -0.2) is 33.7 Å². The van der Waals surface area contributed by atoms with Crippen molar-refractivity contribution in [2.24, 2.45) is 0 Å². The Bertz CT molecular complexity index is 1180. The number of methoxy groups -OCH3 is 1. The minimum absolute atomic E-state index is 0.0522. The number of carbonyl (C=O) groups is 1. The summed E-state index contributed by atoms with van der Waals surface area (Å²) >= 11 is 1.57. The van der Waals surface area contributed by atoms with E-state index in [2.05, 4.69) is 10.4 Å². The predicted molar refractivity (Wildman–Crippen MR) is 112 cm³/mol. The summed E-state index contributed by atoms with van der Waals surface area (Å²) in [5.74, 6) is 0.713. The number of nitrogens with zero attached hydrogens (tertiary/aromatic N) is 3. The predicted octanol–water partition coefficient (Wildman–Crippen LogP) is 2.59. The van der Waals surface area contributed by atoms with Crippen molar-refractivity contribution >= 4 is 22.8 Å². The summed E-state index contributed by atoms with van der Waals surface area (Å²) in [6.45, 7) is 0.784. The van der Waals surface area contributed by atoms with Crippen molar-refractivity contribution < 1.29 is 9.53 Å². The molecule has 4 aromatic rings. The molecule has 0 atom stereocenters. The SMILES string of the molecule is COc1ccc(-c2cc3c(=O)n(CCNC(=O)Cc4ccsc4)ccn3n2)cc1. The maximum Gasteiger partial charge on any atom is 0.276 e. The van der Waals surface area contributed by atoms with Gasteiger partial charge in [0.2, 0.25) is 5.91 Å². The van der Waals surface area contributed by atoms with Crippen LogP contribution < -0.4 is 15.6 Å². The van der Waals surface area contributed by atoms with Crippen LogP contribution in [0.1, 0.15) is 5.56 Å². The Morgan fingerprint density at radius 2 is 2.03 bits per heavy atom. The van der Waals surface area contributed by atoms with Crippen LogP contribution in [0, 0.1) is 0 Å². The van der Waals surface area contributed by atoms with Gasteiger partial charge in [-0.25, -0.2) is 4.52 Å². The second-order valence-corrected chi connectivity index (χ2v) is 7.32. The number of rotatable bonds is 7. The molecule has 0 aliphatic heterocycles. The van der Waals surface area contributed by atoms with E-state index in [9.17, 15) is 9.59 Å². The summed E-state index contributed by atoms with van der Waals surface area (Å²) in [4.78, 5) is 24.8. The van der Waals surface area contributed by atoms with Crippen LogP contribution in [0.5, 0.6) is 5.75 Å². The topological polar surface area (TPSA) is 77.6 Å². The normalized spacial score (nSPS) is 10.9. The summed E-state index contributed by atoms with van der Waals surface area (Å²) in [5, 5.41) is 11.2. The van der Waals surface area contributed by atoms with Gasteiger partial charge in [-0.1, -0.05) is 0 Å². The Labute approximate surface area is 171 Å². The minimum atomic E-state index is -0.146. The third-order valence-corrected chi connectivity index (χ3v) is 5.34. The summed E-state index contributed by atoms with van der Waals surface area (Å²) in [5.41, 5.74) is 2.96. The molecular formula is C21H20N4O3S. The van der Waals surface area contributed by atoms with Gasteiger partial charge in [0.25, 0.3) is 5.56 Å². The Morgan fingerprint density at radius 3 is 2.76 bits per heavy atom. The van der Waals surface area contributed by atoms with Crippen LogP contribution in [0.2, 0.25) is 0 Å². The van der Waals surface area contributed by atoms with Gasteiger partial charge >= 0.3 is 0 Å². The first-order valence-corrected chi connectivity index (χ1v) is 10.1. The Hall–Kier alpha value is -3.39. The summed E-state index contributed by atoms with van der Waals surface area (Å²) in [6.07, 6.45) is 3.79. The number of benzene rings is 1. The van der Waals surface area contributed by atoms with E-state index in [4.69, 9.17) is 4.74 Å². The molecule has 1 N–H and O–H groups in total. The Kier molecular flexibility index (Phi) is 5.44. The molecule has 0 unspecified atom stereocenters. The molecule has 0 radical (unpaired) electrons. The first-order chi connectivity index (χ1) is 14.1. The van der Waals surface area contributed by atoms with Gasteiger partial charge in [0.15, 0.2) is 0 Å². The molecule has 7 nitrogen and oxygen atoms in total. The first kappa shape index (κ1) is 18.9. The van der Waals surface area contributed by atoms with Gasteiger partial charge < -0.3 is 14.6 Å². The molecule has 0 aliphatic rings. The highest BCUT2D eigenvalue weighted by atomic mass is 32.1. The van der Waals surface area contributed by atoms with Crippen LogP contribution >= 0.6 is 11.3 Å². The second kappa shape index (κ2) is 8.32. The van der Waals surface area contributed by atoms with E-state index in [1.54, 1.807) is 46.0 Å². The highest BCUT2D eigenvalue weighted by Crippen LogP contribution is 2.21. The number of nitrogens with one attached hydrogen (secondary N) is 1. The maximum absolute atomic E-state index is 12.8. The fourth-order valence-electron chi connectivity index (χ4n) is 3.06. The van der Waals surface area contributed by atoms with Gasteiger partial charge in [-0.15, -0.1) is 0 Å². The number of hydrogen-bond acceptors (Lipinski definition) is 5. The van der Waals surface area contributed by atoms with Crippen LogP contribution in [0.25, 0.3) is 16.8 Å². The molecule has 3 heterocycles. The van der Waals surface area contributed by atoms with Crippen molar-refractivity contribution in [3.05, 3.63) is 75.5 Å². The number of thiophene rings is 1. The fourth-order valence-corrected chi connectivity index (χ4v) is 3.73. The van der Waals surface area contributed by atoms with E-state index >= 15 is 0 Å². The van der Waals surface area contributed by atoms with Gasteiger partial charge in [-0.05, 0) is 52.7 Å². The molecule has 0 saturated carbocycles. The Balaban J connectivity index is 1.45. The van der Waals surface area contributed by atoms with Crippen molar-refractivity contribution in [1.29, 1.82) is 0 Å². The molecule has 0 bridgehead atoms. The maximum atomic E-state index is 12.8. The largest absolute Gasteiger partial charge is 0.497 e. The number of ether oxygens (including phenoxy) is 1. The molecule has 4 rings (SSSR count). The van der Waals surface area contributed by atoms with Gasteiger partial charge in [0.05, 0.1) is 19.2 Å². The molecule has 0 saturated heterocycles. The molecule has 3 aromatic heterocycles. The van der Waals surface area contributed by atoms with Gasteiger partial charge in [-0.3, -0.25) is 9.59 Å². The van der Waals surface area contributed by atoms with Crippen molar-refractivity contribution in [1.82, 2.24) is 19.5 Å². The monoisotopic (exact) mass is 408 g/mol. The number of amides is 1. The average molecular weight is 408 g/mol. The van der Waals surface area contributed by atoms with Gasteiger partial charge in [0, 0.05) is 31.0 Å². The second-order valence-electron chi connectivity index (χ2n) is 6.54. The van der Waals surface area contributed by atoms with Crippen molar-refractivity contribution in [3.63, 3.8) is 0 Å².